The number of ether oxygens (including phenoxy) is 3. The summed E-state index contributed by atoms with van der Waals surface area (Å²) in [5.74, 6) is 2.81. The van der Waals surface area contributed by atoms with E-state index in [2.05, 4.69) is 18.7 Å². The van der Waals surface area contributed by atoms with Crippen LogP contribution in [0, 0.1) is 5.92 Å². The first-order valence-electron chi connectivity index (χ1n) is 12.9. The van der Waals surface area contributed by atoms with Gasteiger partial charge in [0.05, 0.1) is 12.7 Å². The molecule has 0 aromatic heterocycles. The lowest BCUT2D eigenvalue weighted by atomic mass is 9.85. The number of fused-ring (bicyclic) bond motifs is 1. The van der Waals surface area contributed by atoms with Crippen molar-refractivity contribution >= 4 is 11.1 Å². The third kappa shape index (κ3) is 4.98. The standard InChI is InChI=1S/C31H35NO5/c1-19-14-15-32(17-19)20(2)18-36-25-10-8-22(9-11-25)30-28(23-6-5-7-24(33)16-23)21(3)29-27(37-30)13-12-26(34)31(29)35-4/h5-13,16,19-20,30,33-34H,14-15,17-18H2,1-4H3/t19-,20+,30?/m1/s1. The molecule has 5 rings (SSSR count). The fraction of sp³-hybridized carbons (Fsp3) is 0.355. The first-order chi connectivity index (χ1) is 17.9. The van der Waals surface area contributed by atoms with E-state index < -0.39 is 6.10 Å². The molecule has 1 fully saturated rings. The van der Waals surface area contributed by atoms with Gasteiger partial charge in [0.1, 0.15) is 30.0 Å². The van der Waals surface area contributed by atoms with Crippen molar-refractivity contribution in [3.05, 3.63) is 77.4 Å². The predicted octanol–water partition coefficient (Wildman–Crippen LogP) is 6.28. The maximum atomic E-state index is 10.4. The molecule has 0 saturated carbocycles. The molecule has 6 heteroatoms. The number of hydrogen-bond donors (Lipinski definition) is 2. The summed E-state index contributed by atoms with van der Waals surface area (Å²) in [6.07, 6.45) is 0.839. The summed E-state index contributed by atoms with van der Waals surface area (Å²) < 4.78 is 18.2. The monoisotopic (exact) mass is 501 g/mol. The first kappa shape index (κ1) is 25.0. The second kappa shape index (κ2) is 10.4. The average molecular weight is 502 g/mol. The number of phenolic OH excluding ortho intramolecular Hbond substituents is 2. The van der Waals surface area contributed by atoms with Crippen LogP contribution < -0.4 is 14.2 Å². The van der Waals surface area contributed by atoms with Crippen molar-refractivity contribution in [3.63, 3.8) is 0 Å². The van der Waals surface area contributed by atoms with Gasteiger partial charge in [0.15, 0.2) is 11.5 Å². The topological polar surface area (TPSA) is 71.4 Å². The zero-order chi connectivity index (χ0) is 26.1. The Morgan fingerprint density at radius 2 is 1.86 bits per heavy atom. The number of likely N-dealkylation sites (tertiary alicyclic amines) is 1. The van der Waals surface area contributed by atoms with Gasteiger partial charge in [-0.15, -0.1) is 0 Å². The van der Waals surface area contributed by atoms with E-state index in [1.807, 2.05) is 43.3 Å². The third-order valence-electron chi connectivity index (χ3n) is 7.50. The molecule has 0 bridgehead atoms. The second-order valence-corrected chi connectivity index (χ2v) is 10.2. The third-order valence-corrected chi connectivity index (χ3v) is 7.50. The molecule has 0 spiro atoms. The van der Waals surface area contributed by atoms with Gasteiger partial charge in [-0.1, -0.05) is 31.2 Å². The molecule has 0 radical (unpaired) electrons. The van der Waals surface area contributed by atoms with Crippen LogP contribution in [0.4, 0.5) is 0 Å². The van der Waals surface area contributed by atoms with E-state index in [9.17, 15) is 10.2 Å². The number of rotatable bonds is 7. The smallest absolute Gasteiger partial charge is 0.171 e. The van der Waals surface area contributed by atoms with Crippen LogP contribution in [0.25, 0.3) is 11.1 Å². The Morgan fingerprint density at radius 3 is 2.54 bits per heavy atom. The summed E-state index contributed by atoms with van der Waals surface area (Å²) in [6, 6.07) is 18.9. The van der Waals surface area contributed by atoms with Crippen molar-refractivity contribution in [2.45, 2.75) is 39.3 Å². The van der Waals surface area contributed by atoms with Crippen molar-refractivity contribution in [2.24, 2.45) is 5.92 Å². The van der Waals surface area contributed by atoms with Crippen LogP contribution in [0.5, 0.6) is 28.7 Å². The van der Waals surface area contributed by atoms with Crippen LogP contribution in [0.3, 0.4) is 0 Å². The molecule has 2 aliphatic heterocycles. The number of nitrogens with zero attached hydrogens (tertiary/aromatic N) is 1. The van der Waals surface area contributed by atoms with Crippen LogP contribution in [0.2, 0.25) is 0 Å². The number of allylic oxidation sites excluding steroid dienone is 1. The van der Waals surface area contributed by atoms with Crippen molar-refractivity contribution in [3.8, 4) is 28.7 Å². The summed E-state index contributed by atoms with van der Waals surface area (Å²) in [4.78, 5) is 2.49. The number of methoxy groups -OCH3 is 1. The summed E-state index contributed by atoms with van der Waals surface area (Å²) in [5.41, 5.74) is 4.33. The minimum Gasteiger partial charge on any atom is -0.508 e. The molecule has 3 aromatic rings. The maximum Gasteiger partial charge on any atom is 0.171 e. The fourth-order valence-corrected chi connectivity index (χ4v) is 5.44. The van der Waals surface area contributed by atoms with E-state index in [-0.39, 0.29) is 11.5 Å². The summed E-state index contributed by atoms with van der Waals surface area (Å²) in [5, 5.41) is 20.6. The van der Waals surface area contributed by atoms with E-state index >= 15 is 0 Å². The predicted molar refractivity (Wildman–Crippen MR) is 145 cm³/mol. The Labute approximate surface area is 218 Å². The van der Waals surface area contributed by atoms with Crippen molar-refractivity contribution in [1.29, 1.82) is 0 Å². The van der Waals surface area contributed by atoms with Gasteiger partial charge in [0.2, 0.25) is 0 Å². The quantitative estimate of drug-likeness (QED) is 0.397. The number of benzene rings is 3. The summed E-state index contributed by atoms with van der Waals surface area (Å²) >= 11 is 0. The van der Waals surface area contributed by atoms with E-state index in [4.69, 9.17) is 14.2 Å². The lowest BCUT2D eigenvalue weighted by molar-refractivity contribution is 0.169. The first-order valence-corrected chi connectivity index (χ1v) is 12.9. The van der Waals surface area contributed by atoms with Gasteiger partial charge in [0, 0.05) is 18.2 Å². The molecule has 37 heavy (non-hydrogen) atoms. The Kier molecular flexibility index (Phi) is 7.02. The highest BCUT2D eigenvalue weighted by atomic mass is 16.5. The van der Waals surface area contributed by atoms with Crippen molar-refractivity contribution < 1.29 is 24.4 Å². The Hall–Kier alpha value is -3.64. The normalized spacial score (nSPS) is 20.3. The van der Waals surface area contributed by atoms with Gasteiger partial charge < -0.3 is 24.4 Å². The minimum atomic E-state index is -0.414. The number of phenols is 2. The van der Waals surface area contributed by atoms with Gasteiger partial charge >= 0.3 is 0 Å². The van der Waals surface area contributed by atoms with Gasteiger partial charge in [-0.25, -0.2) is 0 Å². The van der Waals surface area contributed by atoms with E-state index in [0.29, 0.717) is 29.7 Å². The molecule has 2 N–H and O–H groups in total. The van der Waals surface area contributed by atoms with Gasteiger partial charge in [-0.05, 0) is 85.8 Å². The molecule has 1 unspecified atom stereocenters. The van der Waals surface area contributed by atoms with E-state index in [0.717, 1.165) is 47.0 Å². The SMILES string of the molecule is COc1c(O)ccc2c1C(C)=C(c1cccc(O)c1)C(c1ccc(OC[C@H](C)N3CC[C@@H](C)C3)cc1)O2. The molecule has 2 aliphatic rings. The molecule has 3 aromatic carbocycles. The molecule has 0 aliphatic carbocycles. The Bertz CT molecular complexity index is 1300. The molecule has 1 saturated heterocycles. The highest BCUT2D eigenvalue weighted by Gasteiger charge is 2.32. The molecule has 6 nitrogen and oxygen atoms in total. The average Bonchev–Trinajstić information content (AvgIpc) is 3.34. The summed E-state index contributed by atoms with van der Waals surface area (Å²) in [6.45, 7) is 9.44. The molecule has 2 heterocycles. The highest BCUT2D eigenvalue weighted by molar-refractivity contribution is 5.97. The zero-order valence-electron chi connectivity index (χ0n) is 21.9. The highest BCUT2D eigenvalue weighted by Crippen LogP contribution is 2.52. The van der Waals surface area contributed by atoms with Crippen LogP contribution in [-0.4, -0.2) is 48.0 Å². The van der Waals surface area contributed by atoms with Gasteiger partial charge in [-0.3, -0.25) is 4.90 Å². The van der Waals surface area contributed by atoms with E-state index in [1.165, 1.54) is 13.5 Å². The lowest BCUT2D eigenvalue weighted by Gasteiger charge is -2.32. The van der Waals surface area contributed by atoms with Crippen molar-refractivity contribution in [1.82, 2.24) is 4.90 Å². The van der Waals surface area contributed by atoms with Crippen LogP contribution in [0.15, 0.2) is 60.7 Å². The van der Waals surface area contributed by atoms with Gasteiger partial charge in [0.25, 0.3) is 0 Å². The summed E-state index contributed by atoms with van der Waals surface area (Å²) in [7, 11) is 1.53. The molecule has 3 atom stereocenters. The van der Waals surface area contributed by atoms with Crippen LogP contribution >= 0.6 is 0 Å². The molecular formula is C31H35NO5. The molecule has 194 valence electrons. The minimum absolute atomic E-state index is 0.0528. The van der Waals surface area contributed by atoms with E-state index in [1.54, 1.807) is 24.3 Å². The van der Waals surface area contributed by atoms with Crippen molar-refractivity contribution in [2.75, 3.05) is 26.8 Å². The maximum absolute atomic E-state index is 10.4. The van der Waals surface area contributed by atoms with Gasteiger partial charge in [-0.2, -0.15) is 0 Å². The molecular weight excluding hydrogens is 466 g/mol. The molecule has 0 amide bonds. The zero-order valence-corrected chi connectivity index (χ0v) is 21.9. The number of aromatic hydroxyl groups is 2. The Morgan fingerprint density at radius 1 is 1.08 bits per heavy atom. The lowest BCUT2D eigenvalue weighted by Crippen LogP contribution is -2.35. The Balaban J connectivity index is 1.45. The largest absolute Gasteiger partial charge is 0.508 e. The van der Waals surface area contributed by atoms with Crippen LogP contribution in [0.1, 0.15) is 50.0 Å². The van der Waals surface area contributed by atoms with Crippen LogP contribution in [-0.2, 0) is 0 Å². The number of hydrogen-bond acceptors (Lipinski definition) is 6. The second-order valence-electron chi connectivity index (χ2n) is 10.2. The fourth-order valence-electron chi connectivity index (χ4n) is 5.44.